The van der Waals surface area contributed by atoms with E-state index in [1.165, 1.54) is 12.1 Å². The van der Waals surface area contributed by atoms with Crippen molar-refractivity contribution in [2.45, 2.75) is 44.1 Å². The molecule has 100 valence electrons. The molecule has 1 aliphatic heterocycles. The summed E-state index contributed by atoms with van der Waals surface area (Å²) < 4.78 is 40.5. The van der Waals surface area contributed by atoms with Gasteiger partial charge >= 0.3 is 10.2 Å². The van der Waals surface area contributed by atoms with Crippen molar-refractivity contribution in [3.05, 3.63) is 23.8 Å². The van der Waals surface area contributed by atoms with Crippen molar-refractivity contribution >= 4 is 10.2 Å². The van der Waals surface area contributed by atoms with Crippen LogP contribution in [0.2, 0.25) is 0 Å². The third-order valence-corrected chi connectivity index (χ3v) is 4.22. The lowest BCUT2D eigenvalue weighted by molar-refractivity contribution is 0.116. The van der Waals surface area contributed by atoms with Gasteiger partial charge in [-0.15, -0.1) is 3.89 Å². The molecule has 0 aliphatic carbocycles. The van der Waals surface area contributed by atoms with Gasteiger partial charge in [-0.2, -0.15) is 8.42 Å². The molecule has 0 saturated heterocycles. The summed E-state index contributed by atoms with van der Waals surface area (Å²) in [5.41, 5.74) is 0.769. The van der Waals surface area contributed by atoms with Gasteiger partial charge in [-0.25, -0.2) is 0 Å². The van der Waals surface area contributed by atoms with Gasteiger partial charge in [-0.3, -0.25) is 0 Å². The van der Waals surface area contributed by atoms with Crippen molar-refractivity contribution in [3.63, 3.8) is 0 Å². The monoisotopic (exact) mass is 272 g/mol. The van der Waals surface area contributed by atoms with Gasteiger partial charge in [-0.1, -0.05) is 20.8 Å². The van der Waals surface area contributed by atoms with Gasteiger partial charge in [0.2, 0.25) is 0 Å². The fraction of sp³-hybridized carbons (Fsp3) is 0.538. The van der Waals surface area contributed by atoms with Crippen LogP contribution in [0.15, 0.2) is 23.1 Å². The molecule has 5 heteroatoms. The molecule has 1 aromatic carbocycles. The molecule has 1 aliphatic rings. The van der Waals surface area contributed by atoms with Crippen LogP contribution < -0.4 is 4.74 Å². The Morgan fingerprint density at radius 2 is 2.06 bits per heavy atom. The largest absolute Gasteiger partial charge is 0.490 e. The van der Waals surface area contributed by atoms with Crippen LogP contribution in [-0.4, -0.2) is 14.5 Å². The summed E-state index contributed by atoms with van der Waals surface area (Å²) in [5.74, 6) is 1.23. The molecule has 2 atom stereocenters. The molecule has 0 radical (unpaired) electrons. The Labute approximate surface area is 107 Å². The van der Waals surface area contributed by atoms with Gasteiger partial charge in [-0.05, 0) is 42.0 Å². The molecule has 2 unspecified atom stereocenters. The van der Waals surface area contributed by atoms with Gasteiger partial charge in [0.25, 0.3) is 0 Å². The van der Waals surface area contributed by atoms with E-state index in [-0.39, 0.29) is 16.9 Å². The predicted octanol–water partition coefficient (Wildman–Crippen LogP) is 3.26. The van der Waals surface area contributed by atoms with E-state index in [0.717, 1.165) is 12.0 Å². The summed E-state index contributed by atoms with van der Waals surface area (Å²) in [6, 6.07) is 4.18. The van der Waals surface area contributed by atoms with Gasteiger partial charge in [0.15, 0.2) is 0 Å². The summed E-state index contributed by atoms with van der Waals surface area (Å²) >= 11 is 0. The lowest BCUT2D eigenvalue weighted by atomic mass is 9.87. The highest BCUT2D eigenvalue weighted by atomic mass is 32.3. The number of ether oxygens (including phenoxy) is 1. The second-order valence-electron chi connectivity index (χ2n) is 5.17. The van der Waals surface area contributed by atoms with E-state index in [4.69, 9.17) is 4.74 Å². The summed E-state index contributed by atoms with van der Waals surface area (Å²) in [6.45, 7) is 6.18. The minimum Gasteiger partial charge on any atom is -0.490 e. The predicted molar refractivity (Wildman–Crippen MR) is 67.0 cm³/mol. The van der Waals surface area contributed by atoms with E-state index < -0.39 is 10.2 Å². The van der Waals surface area contributed by atoms with Crippen LogP contribution in [0.3, 0.4) is 0 Å². The molecule has 2 rings (SSSR count). The first-order valence-electron chi connectivity index (χ1n) is 6.04. The summed E-state index contributed by atoms with van der Waals surface area (Å²) in [4.78, 5) is -0.292. The highest BCUT2D eigenvalue weighted by molar-refractivity contribution is 7.86. The third kappa shape index (κ3) is 2.51. The van der Waals surface area contributed by atoms with Crippen LogP contribution in [0.5, 0.6) is 5.75 Å². The van der Waals surface area contributed by atoms with Crippen molar-refractivity contribution in [1.29, 1.82) is 0 Å². The van der Waals surface area contributed by atoms with Crippen molar-refractivity contribution in [2.24, 2.45) is 5.92 Å². The Kier molecular flexibility index (Phi) is 3.36. The van der Waals surface area contributed by atoms with Crippen molar-refractivity contribution < 1.29 is 17.0 Å². The molecule has 0 N–H and O–H groups in total. The average molecular weight is 272 g/mol. The molecule has 0 spiro atoms. The first-order chi connectivity index (χ1) is 8.29. The molecule has 0 saturated carbocycles. The second-order valence-corrected chi connectivity index (χ2v) is 6.52. The smallest absolute Gasteiger partial charge is 0.332 e. The van der Waals surface area contributed by atoms with Crippen LogP contribution in [-0.2, 0) is 10.2 Å². The Balaban J connectivity index is 2.41. The van der Waals surface area contributed by atoms with E-state index in [2.05, 4.69) is 13.8 Å². The first kappa shape index (κ1) is 13.3. The standard InChI is InChI=1S/C13H17FO3S/c1-8(2)13-6-9(3)11-7-10(18(14,15)16)4-5-12(11)17-13/h4-5,7-9,13H,6H2,1-3H3. The van der Waals surface area contributed by atoms with Crippen LogP contribution in [0, 0.1) is 5.92 Å². The zero-order chi connectivity index (χ0) is 13.5. The summed E-state index contributed by atoms with van der Waals surface area (Å²) in [5, 5.41) is 0. The number of hydrogen-bond acceptors (Lipinski definition) is 3. The van der Waals surface area contributed by atoms with Gasteiger partial charge in [0.05, 0.1) is 4.90 Å². The molecule has 0 amide bonds. The SMILES string of the molecule is CC1CC(C(C)C)Oc2ccc(S(=O)(=O)F)cc21. The molecular weight excluding hydrogens is 255 g/mol. The molecule has 3 nitrogen and oxygen atoms in total. The highest BCUT2D eigenvalue weighted by Gasteiger charge is 2.28. The maximum absolute atomic E-state index is 13.0. The number of rotatable bonds is 2. The third-order valence-electron chi connectivity index (χ3n) is 3.40. The minimum atomic E-state index is -4.65. The molecule has 18 heavy (non-hydrogen) atoms. The fourth-order valence-electron chi connectivity index (χ4n) is 2.27. The quantitative estimate of drug-likeness (QED) is 0.776. The molecule has 1 heterocycles. The lowest BCUT2D eigenvalue weighted by Gasteiger charge is -2.32. The van der Waals surface area contributed by atoms with Crippen LogP contribution in [0.1, 0.15) is 38.7 Å². The Hall–Kier alpha value is -1.10. The first-order valence-corrected chi connectivity index (χ1v) is 7.42. The Bertz CT molecular complexity index is 551. The topological polar surface area (TPSA) is 43.4 Å². The molecule has 1 aromatic rings. The van der Waals surface area contributed by atoms with Crippen LogP contribution >= 0.6 is 0 Å². The van der Waals surface area contributed by atoms with Crippen molar-refractivity contribution in [2.75, 3.05) is 0 Å². The number of fused-ring (bicyclic) bond motifs is 1. The Morgan fingerprint density at radius 1 is 1.39 bits per heavy atom. The maximum Gasteiger partial charge on any atom is 0.332 e. The number of benzene rings is 1. The minimum absolute atomic E-state index is 0.125. The van der Waals surface area contributed by atoms with E-state index in [1.54, 1.807) is 6.07 Å². The molecule has 0 fully saturated rings. The Morgan fingerprint density at radius 3 is 2.61 bits per heavy atom. The van der Waals surface area contributed by atoms with Crippen molar-refractivity contribution in [1.82, 2.24) is 0 Å². The van der Waals surface area contributed by atoms with Gasteiger partial charge < -0.3 is 4.74 Å². The second kappa shape index (κ2) is 4.53. The molecule has 0 aromatic heterocycles. The number of halogens is 1. The van der Waals surface area contributed by atoms with E-state index in [0.29, 0.717) is 11.7 Å². The van der Waals surface area contributed by atoms with E-state index >= 15 is 0 Å². The maximum atomic E-state index is 13.0. The molecular formula is C13H17FO3S. The normalized spacial score (nSPS) is 23.6. The summed E-state index contributed by atoms with van der Waals surface area (Å²) in [7, 11) is -4.65. The summed E-state index contributed by atoms with van der Waals surface area (Å²) in [6.07, 6.45) is 0.945. The molecule has 0 bridgehead atoms. The van der Waals surface area contributed by atoms with Gasteiger partial charge in [0, 0.05) is 0 Å². The zero-order valence-electron chi connectivity index (χ0n) is 10.7. The number of hydrogen-bond donors (Lipinski definition) is 0. The van der Waals surface area contributed by atoms with Crippen LogP contribution in [0.25, 0.3) is 0 Å². The van der Waals surface area contributed by atoms with E-state index in [9.17, 15) is 12.3 Å². The van der Waals surface area contributed by atoms with Crippen LogP contribution in [0.4, 0.5) is 3.89 Å². The van der Waals surface area contributed by atoms with E-state index in [1.807, 2.05) is 6.92 Å². The lowest BCUT2D eigenvalue weighted by Crippen LogP contribution is -2.29. The average Bonchev–Trinajstić information content (AvgIpc) is 2.27. The van der Waals surface area contributed by atoms with Gasteiger partial charge in [0.1, 0.15) is 11.9 Å². The van der Waals surface area contributed by atoms with Crippen molar-refractivity contribution in [3.8, 4) is 5.75 Å². The fourth-order valence-corrected chi connectivity index (χ4v) is 2.76. The zero-order valence-corrected chi connectivity index (χ0v) is 11.5. The highest BCUT2D eigenvalue weighted by Crippen LogP contribution is 2.39.